The highest BCUT2D eigenvalue weighted by molar-refractivity contribution is 7.92. The average Bonchev–Trinajstić information content (AvgIpc) is 2.65. The number of anilines is 1. The van der Waals surface area contributed by atoms with E-state index in [1.807, 2.05) is 36.4 Å². The fourth-order valence-corrected chi connectivity index (χ4v) is 3.57. The maximum atomic E-state index is 11.5. The van der Waals surface area contributed by atoms with Crippen LogP contribution in [0.3, 0.4) is 0 Å². The molecule has 7 heteroatoms. The summed E-state index contributed by atoms with van der Waals surface area (Å²) < 4.78 is 25.5. The first-order chi connectivity index (χ1) is 13.3. The SMILES string of the molecule is CS(=O)(=O)Nc1cccc(-c2ccc(-c3cccnc3)cc2CCC(N)=O)c1. The molecule has 0 spiro atoms. The van der Waals surface area contributed by atoms with E-state index in [2.05, 4.69) is 9.71 Å². The smallest absolute Gasteiger partial charge is 0.229 e. The topological polar surface area (TPSA) is 102 Å². The highest BCUT2D eigenvalue weighted by atomic mass is 32.2. The van der Waals surface area contributed by atoms with Crippen LogP contribution in [0, 0.1) is 0 Å². The van der Waals surface area contributed by atoms with E-state index >= 15 is 0 Å². The second-order valence-electron chi connectivity index (χ2n) is 6.53. The minimum atomic E-state index is -3.37. The predicted molar refractivity (Wildman–Crippen MR) is 111 cm³/mol. The van der Waals surface area contributed by atoms with E-state index in [0.717, 1.165) is 34.1 Å². The van der Waals surface area contributed by atoms with Crippen LogP contribution in [-0.2, 0) is 21.2 Å². The Morgan fingerprint density at radius 1 is 1.04 bits per heavy atom. The Labute approximate surface area is 164 Å². The van der Waals surface area contributed by atoms with Crippen molar-refractivity contribution in [3.05, 3.63) is 72.6 Å². The fourth-order valence-electron chi connectivity index (χ4n) is 3.02. The summed E-state index contributed by atoms with van der Waals surface area (Å²) in [6.07, 6.45) is 5.32. The molecule has 28 heavy (non-hydrogen) atoms. The van der Waals surface area contributed by atoms with Crippen LogP contribution in [0.1, 0.15) is 12.0 Å². The van der Waals surface area contributed by atoms with Gasteiger partial charge in [0.2, 0.25) is 15.9 Å². The molecular formula is C21H21N3O3S. The highest BCUT2D eigenvalue weighted by Gasteiger charge is 2.11. The molecule has 0 saturated heterocycles. The molecule has 6 nitrogen and oxygen atoms in total. The van der Waals surface area contributed by atoms with Gasteiger partial charge in [-0.3, -0.25) is 14.5 Å². The largest absolute Gasteiger partial charge is 0.370 e. The van der Waals surface area contributed by atoms with Crippen LogP contribution in [0.5, 0.6) is 0 Å². The lowest BCUT2D eigenvalue weighted by Gasteiger charge is -2.13. The van der Waals surface area contributed by atoms with E-state index in [4.69, 9.17) is 5.73 Å². The second-order valence-corrected chi connectivity index (χ2v) is 8.28. The first-order valence-electron chi connectivity index (χ1n) is 8.72. The van der Waals surface area contributed by atoms with E-state index in [1.165, 1.54) is 0 Å². The lowest BCUT2D eigenvalue weighted by atomic mass is 9.93. The van der Waals surface area contributed by atoms with Crippen LogP contribution in [0.4, 0.5) is 5.69 Å². The number of hydrogen-bond acceptors (Lipinski definition) is 4. The summed E-state index contributed by atoms with van der Waals surface area (Å²) in [7, 11) is -3.37. The molecule has 1 aromatic heterocycles. The number of carbonyl (C=O) groups is 1. The Hall–Kier alpha value is -3.19. The number of carbonyl (C=O) groups excluding carboxylic acids is 1. The van der Waals surface area contributed by atoms with Crippen LogP contribution in [0.25, 0.3) is 22.3 Å². The fraction of sp³-hybridized carbons (Fsp3) is 0.143. The molecule has 0 radical (unpaired) electrons. The lowest BCUT2D eigenvalue weighted by Crippen LogP contribution is -2.11. The number of benzene rings is 2. The Bertz CT molecular complexity index is 1100. The second kappa shape index (κ2) is 8.22. The molecule has 0 bridgehead atoms. The first kappa shape index (κ1) is 19.6. The van der Waals surface area contributed by atoms with Gasteiger partial charge in [-0.25, -0.2) is 8.42 Å². The van der Waals surface area contributed by atoms with E-state index in [1.54, 1.807) is 30.6 Å². The number of sulfonamides is 1. The molecule has 1 heterocycles. The molecule has 0 unspecified atom stereocenters. The minimum absolute atomic E-state index is 0.227. The van der Waals surface area contributed by atoms with E-state index in [-0.39, 0.29) is 12.3 Å². The lowest BCUT2D eigenvalue weighted by molar-refractivity contribution is -0.117. The summed E-state index contributed by atoms with van der Waals surface area (Å²) in [4.78, 5) is 15.5. The van der Waals surface area contributed by atoms with Gasteiger partial charge in [-0.2, -0.15) is 0 Å². The van der Waals surface area contributed by atoms with Gasteiger partial charge in [0, 0.05) is 24.5 Å². The minimum Gasteiger partial charge on any atom is -0.370 e. The predicted octanol–water partition coefficient (Wildman–Crippen LogP) is 3.21. The Morgan fingerprint density at radius 2 is 1.82 bits per heavy atom. The van der Waals surface area contributed by atoms with Crippen molar-refractivity contribution in [1.82, 2.24) is 4.98 Å². The van der Waals surface area contributed by atoms with Gasteiger partial charge in [0.05, 0.1) is 6.26 Å². The van der Waals surface area contributed by atoms with Gasteiger partial charge in [-0.1, -0.05) is 36.4 Å². The zero-order chi connectivity index (χ0) is 20.1. The number of aryl methyl sites for hydroxylation is 1. The van der Waals surface area contributed by atoms with E-state index in [0.29, 0.717) is 12.1 Å². The molecule has 0 atom stereocenters. The normalized spacial score (nSPS) is 11.2. The van der Waals surface area contributed by atoms with Crippen molar-refractivity contribution in [2.45, 2.75) is 12.8 Å². The van der Waals surface area contributed by atoms with Gasteiger partial charge in [-0.05, 0) is 52.4 Å². The molecule has 144 valence electrons. The maximum Gasteiger partial charge on any atom is 0.229 e. The number of nitrogens with zero attached hydrogens (tertiary/aromatic N) is 1. The Kier molecular flexibility index (Phi) is 5.75. The number of aromatic nitrogens is 1. The number of pyridine rings is 1. The molecule has 3 aromatic rings. The van der Waals surface area contributed by atoms with Crippen LogP contribution >= 0.6 is 0 Å². The number of nitrogens with two attached hydrogens (primary N) is 1. The summed E-state index contributed by atoms with van der Waals surface area (Å²) in [6, 6.07) is 17.0. The number of primary amides is 1. The third-order valence-corrected chi connectivity index (χ3v) is 4.82. The summed E-state index contributed by atoms with van der Waals surface area (Å²) in [5, 5.41) is 0. The van der Waals surface area contributed by atoms with Gasteiger partial charge in [0.15, 0.2) is 0 Å². The van der Waals surface area contributed by atoms with Gasteiger partial charge >= 0.3 is 0 Å². The zero-order valence-corrected chi connectivity index (χ0v) is 16.2. The monoisotopic (exact) mass is 395 g/mol. The van der Waals surface area contributed by atoms with Gasteiger partial charge in [0.25, 0.3) is 0 Å². The quantitative estimate of drug-likeness (QED) is 0.641. The van der Waals surface area contributed by atoms with Gasteiger partial charge in [-0.15, -0.1) is 0 Å². The summed E-state index contributed by atoms with van der Waals surface area (Å²) in [5.74, 6) is -0.370. The van der Waals surface area contributed by atoms with E-state index in [9.17, 15) is 13.2 Å². The molecule has 0 saturated carbocycles. The number of amides is 1. The van der Waals surface area contributed by atoms with Crippen molar-refractivity contribution in [3.8, 4) is 22.3 Å². The molecule has 2 aromatic carbocycles. The van der Waals surface area contributed by atoms with Crippen LogP contribution < -0.4 is 10.5 Å². The van der Waals surface area contributed by atoms with E-state index < -0.39 is 10.0 Å². The van der Waals surface area contributed by atoms with Gasteiger partial charge < -0.3 is 5.73 Å². The van der Waals surface area contributed by atoms with Crippen molar-refractivity contribution in [2.24, 2.45) is 5.73 Å². The van der Waals surface area contributed by atoms with Crippen molar-refractivity contribution in [1.29, 1.82) is 0 Å². The van der Waals surface area contributed by atoms with Crippen molar-refractivity contribution >= 4 is 21.6 Å². The van der Waals surface area contributed by atoms with Crippen LogP contribution in [-0.4, -0.2) is 25.6 Å². The number of hydrogen-bond donors (Lipinski definition) is 2. The molecule has 0 aliphatic carbocycles. The number of nitrogens with one attached hydrogen (secondary N) is 1. The van der Waals surface area contributed by atoms with Crippen LogP contribution in [0.2, 0.25) is 0 Å². The average molecular weight is 395 g/mol. The summed E-state index contributed by atoms with van der Waals surface area (Å²) in [6.45, 7) is 0. The molecule has 0 aliphatic rings. The molecule has 3 rings (SSSR count). The Balaban J connectivity index is 2.04. The standard InChI is InChI=1S/C21H21N3O3S/c1-28(26,27)24-19-6-2-4-16(13-19)20-9-7-15(18-5-3-11-23-14-18)12-17(20)8-10-21(22)25/h2-7,9,11-14,24H,8,10H2,1H3,(H2,22,25). The number of rotatable bonds is 7. The third-order valence-electron chi connectivity index (χ3n) is 4.22. The third kappa shape index (κ3) is 5.17. The Morgan fingerprint density at radius 3 is 2.50 bits per heavy atom. The molecule has 0 aliphatic heterocycles. The highest BCUT2D eigenvalue weighted by Crippen LogP contribution is 2.31. The summed E-state index contributed by atoms with van der Waals surface area (Å²) in [5.41, 5.74) is 10.5. The van der Waals surface area contributed by atoms with Crippen LogP contribution in [0.15, 0.2) is 67.0 Å². The van der Waals surface area contributed by atoms with Crippen molar-refractivity contribution < 1.29 is 13.2 Å². The maximum absolute atomic E-state index is 11.5. The molecule has 3 N–H and O–H groups in total. The van der Waals surface area contributed by atoms with Crippen molar-refractivity contribution in [3.63, 3.8) is 0 Å². The molecule has 1 amide bonds. The van der Waals surface area contributed by atoms with Crippen molar-refractivity contribution in [2.75, 3.05) is 11.0 Å². The van der Waals surface area contributed by atoms with Gasteiger partial charge in [0.1, 0.15) is 0 Å². The first-order valence-corrected chi connectivity index (χ1v) is 10.6. The molecular weight excluding hydrogens is 374 g/mol. The molecule has 0 fully saturated rings. The summed E-state index contributed by atoms with van der Waals surface area (Å²) >= 11 is 0. The zero-order valence-electron chi connectivity index (χ0n) is 15.4.